The van der Waals surface area contributed by atoms with Gasteiger partial charge in [-0.1, -0.05) is 29.5 Å². The molecule has 1 fully saturated rings. The number of rotatable bonds is 0. The Kier molecular flexibility index (Phi) is 2.56. The van der Waals surface area contributed by atoms with Crippen molar-refractivity contribution >= 4 is 22.6 Å². The molecule has 0 radical (unpaired) electrons. The maximum absolute atomic E-state index is 3.42. The lowest BCUT2D eigenvalue weighted by Gasteiger charge is -2.24. The molecule has 0 aromatic rings. The van der Waals surface area contributed by atoms with Gasteiger partial charge in [-0.05, 0) is 25.3 Å². The predicted molar refractivity (Wildman–Crippen MR) is 44.2 cm³/mol. The first-order valence-corrected chi connectivity index (χ1v) is 4.43. The number of alkyl halides is 1. The first-order chi connectivity index (χ1) is 3.80. The van der Waals surface area contributed by atoms with Crippen LogP contribution in [0.1, 0.15) is 19.8 Å². The number of hydrogen-bond donors (Lipinski definition) is 1. The van der Waals surface area contributed by atoms with Crippen LogP contribution in [0.5, 0.6) is 0 Å². The summed E-state index contributed by atoms with van der Waals surface area (Å²) < 4.78 is 0.723. The van der Waals surface area contributed by atoms with Crippen molar-refractivity contribution in [1.29, 1.82) is 0 Å². The van der Waals surface area contributed by atoms with Crippen LogP contribution in [0.4, 0.5) is 0 Å². The van der Waals surface area contributed by atoms with Crippen LogP contribution >= 0.6 is 22.6 Å². The highest BCUT2D eigenvalue weighted by Gasteiger charge is 2.16. The summed E-state index contributed by atoms with van der Waals surface area (Å²) in [6.07, 6.45) is 2.77. The average Bonchev–Trinajstić information content (AvgIpc) is 1.77. The molecule has 48 valence electrons. The smallest absolute Gasteiger partial charge is 0.0619 e. The van der Waals surface area contributed by atoms with Gasteiger partial charge in [0.05, 0.1) is 4.05 Å². The van der Waals surface area contributed by atoms with Crippen molar-refractivity contribution in [2.75, 3.05) is 6.54 Å². The van der Waals surface area contributed by atoms with E-state index in [9.17, 15) is 0 Å². The lowest BCUT2D eigenvalue weighted by molar-refractivity contribution is 0.390. The molecule has 1 nitrogen and oxygen atoms in total. The van der Waals surface area contributed by atoms with Crippen molar-refractivity contribution in [3.05, 3.63) is 0 Å². The highest BCUT2D eigenvalue weighted by atomic mass is 127. The minimum atomic E-state index is 0.723. The minimum Gasteiger partial charge on any atom is -0.305 e. The van der Waals surface area contributed by atoms with Crippen LogP contribution in [0.2, 0.25) is 0 Å². The van der Waals surface area contributed by atoms with Crippen molar-refractivity contribution < 1.29 is 0 Å². The largest absolute Gasteiger partial charge is 0.305 e. The van der Waals surface area contributed by atoms with E-state index in [1.807, 2.05) is 0 Å². The molecule has 1 rings (SSSR count). The maximum Gasteiger partial charge on any atom is 0.0619 e. The number of nitrogens with one attached hydrogen (secondary N) is 1. The van der Waals surface area contributed by atoms with E-state index >= 15 is 0 Å². The van der Waals surface area contributed by atoms with Crippen molar-refractivity contribution in [1.82, 2.24) is 5.32 Å². The fraction of sp³-hybridized carbons (Fsp3) is 1.00. The first-order valence-electron chi connectivity index (χ1n) is 3.18. The number of halogens is 1. The second kappa shape index (κ2) is 3.01. The van der Waals surface area contributed by atoms with Gasteiger partial charge in [-0.25, -0.2) is 0 Å². The molecular weight excluding hydrogens is 213 g/mol. The summed E-state index contributed by atoms with van der Waals surface area (Å²) >= 11 is 2.47. The van der Waals surface area contributed by atoms with E-state index in [1.165, 1.54) is 19.4 Å². The van der Waals surface area contributed by atoms with E-state index in [0.717, 1.165) is 9.97 Å². The molecule has 1 heterocycles. The maximum atomic E-state index is 3.42. The van der Waals surface area contributed by atoms with Crippen LogP contribution in [0, 0.1) is 5.92 Å². The van der Waals surface area contributed by atoms with Crippen LogP contribution in [0.3, 0.4) is 0 Å². The third kappa shape index (κ3) is 1.58. The SMILES string of the molecule is CC1CCCNC1I. The highest BCUT2D eigenvalue weighted by Crippen LogP contribution is 2.19. The van der Waals surface area contributed by atoms with Gasteiger partial charge in [-0.2, -0.15) is 0 Å². The standard InChI is InChI=1S/C6H12IN/c1-5-3-2-4-8-6(5)7/h5-6,8H,2-4H2,1H3. The molecule has 2 unspecified atom stereocenters. The van der Waals surface area contributed by atoms with Gasteiger partial charge in [0.1, 0.15) is 0 Å². The summed E-state index contributed by atoms with van der Waals surface area (Å²) in [5, 5.41) is 3.42. The molecule has 0 amide bonds. The number of piperidine rings is 1. The third-order valence-electron chi connectivity index (χ3n) is 1.68. The van der Waals surface area contributed by atoms with Crippen molar-refractivity contribution in [3.8, 4) is 0 Å². The Morgan fingerprint density at radius 1 is 1.62 bits per heavy atom. The molecule has 0 aromatic heterocycles. The molecule has 0 bridgehead atoms. The molecule has 0 aliphatic carbocycles. The van der Waals surface area contributed by atoms with Gasteiger partial charge in [-0.3, -0.25) is 0 Å². The average molecular weight is 225 g/mol. The Morgan fingerprint density at radius 3 is 2.75 bits per heavy atom. The van der Waals surface area contributed by atoms with Crippen LogP contribution in [0.25, 0.3) is 0 Å². The fourth-order valence-electron chi connectivity index (χ4n) is 1.01. The van der Waals surface area contributed by atoms with Gasteiger partial charge < -0.3 is 5.32 Å². The first kappa shape index (κ1) is 6.81. The second-order valence-electron chi connectivity index (χ2n) is 2.48. The number of hydrogen-bond acceptors (Lipinski definition) is 1. The zero-order valence-electron chi connectivity index (χ0n) is 5.15. The van der Waals surface area contributed by atoms with Gasteiger partial charge >= 0.3 is 0 Å². The molecule has 2 atom stereocenters. The Labute approximate surface area is 64.4 Å². The van der Waals surface area contributed by atoms with Gasteiger partial charge in [-0.15, -0.1) is 0 Å². The Bertz CT molecular complexity index is 64.9. The Morgan fingerprint density at radius 2 is 2.38 bits per heavy atom. The molecule has 0 aromatic carbocycles. The molecule has 1 saturated heterocycles. The topological polar surface area (TPSA) is 12.0 Å². The highest BCUT2D eigenvalue weighted by molar-refractivity contribution is 14.1. The molecule has 1 aliphatic heterocycles. The third-order valence-corrected chi connectivity index (χ3v) is 3.34. The minimum absolute atomic E-state index is 0.723. The Balaban J connectivity index is 2.28. The van der Waals surface area contributed by atoms with E-state index in [4.69, 9.17) is 0 Å². The van der Waals surface area contributed by atoms with Gasteiger partial charge in [0.25, 0.3) is 0 Å². The molecular formula is C6H12IN. The predicted octanol–water partition coefficient (Wildman–Crippen LogP) is 1.77. The molecule has 2 heteroatoms. The van der Waals surface area contributed by atoms with Gasteiger partial charge in [0.2, 0.25) is 0 Å². The molecule has 1 aliphatic rings. The summed E-state index contributed by atoms with van der Waals surface area (Å²) in [6, 6.07) is 0. The summed E-state index contributed by atoms with van der Waals surface area (Å²) in [7, 11) is 0. The van der Waals surface area contributed by atoms with Gasteiger partial charge in [0.15, 0.2) is 0 Å². The van der Waals surface area contributed by atoms with Crippen LogP contribution in [-0.4, -0.2) is 10.6 Å². The zero-order chi connectivity index (χ0) is 5.98. The molecule has 1 N–H and O–H groups in total. The lowest BCUT2D eigenvalue weighted by atomic mass is 10.0. The normalized spacial score (nSPS) is 39.8. The van der Waals surface area contributed by atoms with Crippen LogP contribution < -0.4 is 5.32 Å². The zero-order valence-corrected chi connectivity index (χ0v) is 7.31. The molecule has 0 saturated carbocycles. The van der Waals surface area contributed by atoms with Crippen molar-refractivity contribution in [2.24, 2.45) is 5.92 Å². The monoisotopic (exact) mass is 225 g/mol. The van der Waals surface area contributed by atoms with E-state index in [2.05, 4.69) is 34.8 Å². The summed E-state index contributed by atoms with van der Waals surface area (Å²) in [6.45, 7) is 3.53. The summed E-state index contributed by atoms with van der Waals surface area (Å²) in [4.78, 5) is 0. The lowest BCUT2D eigenvalue weighted by Crippen LogP contribution is -2.34. The van der Waals surface area contributed by atoms with Crippen molar-refractivity contribution in [2.45, 2.75) is 23.8 Å². The van der Waals surface area contributed by atoms with E-state index in [1.54, 1.807) is 0 Å². The van der Waals surface area contributed by atoms with E-state index < -0.39 is 0 Å². The molecule has 0 spiro atoms. The van der Waals surface area contributed by atoms with Crippen LogP contribution in [0.15, 0.2) is 0 Å². The van der Waals surface area contributed by atoms with E-state index in [0.29, 0.717) is 0 Å². The summed E-state index contributed by atoms with van der Waals surface area (Å²) in [5.74, 6) is 0.879. The van der Waals surface area contributed by atoms with Gasteiger partial charge in [0, 0.05) is 0 Å². The van der Waals surface area contributed by atoms with Crippen LogP contribution in [-0.2, 0) is 0 Å². The van der Waals surface area contributed by atoms with Crippen molar-refractivity contribution in [3.63, 3.8) is 0 Å². The quantitative estimate of drug-likeness (QED) is 0.376. The fourth-order valence-corrected chi connectivity index (χ4v) is 1.68. The van der Waals surface area contributed by atoms with E-state index in [-0.39, 0.29) is 0 Å². The molecule has 8 heavy (non-hydrogen) atoms. The second-order valence-corrected chi connectivity index (χ2v) is 3.82. The summed E-state index contributed by atoms with van der Waals surface area (Å²) in [5.41, 5.74) is 0. The Hall–Kier alpha value is 0.690.